The molecular weight excluding hydrogens is 593 g/mol. The summed E-state index contributed by atoms with van der Waals surface area (Å²) in [7, 11) is 1.88. The number of hydrogen-bond acceptors (Lipinski definition) is 6. The number of carbonyl (C=O) groups is 2. The van der Waals surface area contributed by atoms with Crippen LogP contribution >= 0.6 is 27.0 Å². The third kappa shape index (κ3) is 9.57. The molecule has 2 aromatic carbocycles. The first-order valence-corrected chi connectivity index (χ1v) is 14.8. The first-order valence-electron chi connectivity index (χ1n) is 14.8. The van der Waals surface area contributed by atoms with E-state index in [0.717, 1.165) is 54.9 Å². The van der Waals surface area contributed by atoms with Crippen molar-refractivity contribution in [3.63, 3.8) is 0 Å². The van der Waals surface area contributed by atoms with E-state index < -0.39 is 5.97 Å². The van der Waals surface area contributed by atoms with Gasteiger partial charge >= 0.3 is 5.97 Å². The number of ether oxygens (including phenoxy) is 1. The van der Waals surface area contributed by atoms with Crippen molar-refractivity contribution in [2.45, 2.75) is 104 Å². The van der Waals surface area contributed by atoms with Gasteiger partial charge in [0.2, 0.25) is 5.91 Å². The normalized spacial score (nSPS) is 20.1. The van der Waals surface area contributed by atoms with Crippen LogP contribution < -0.4 is 10.5 Å². The Hall–Kier alpha value is -2.85. The number of benzene rings is 2. The minimum absolute atomic E-state index is 0. The zero-order chi connectivity index (χ0) is 28.1. The first kappa shape index (κ1) is 39.2. The molecule has 1 atom stereocenters. The Morgan fingerprint density at radius 3 is 2.27 bits per heavy atom. The molecule has 2 saturated carbocycles. The van der Waals surface area contributed by atoms with E-state index in [1.807, 2.05) is 54.4 Å². The van der Waals surface area contributed by atoms with Gasteiger partial charge in [-0.15, -0.1) is 0 Å². The van der Waals surface area contributed by atoms with Crippen LogP contribution in [0.5, 0.6) is 11.5 Å². The van der Waals surface area contributed by atoms with Crippen molar-refractivity contribution in [1.82, 2.24) is 9.80 Å². The largest absolute Gasteiger partial charge is 0.481 e. The van der Waals surface area contributed by atoms with E-state index in [4.69, 9.17) is 15.5 Å². The highest BCUT2D eigenvalue weighted by Crippen LogP contribution is 2.37. The molecule has 5 rings (SSSR count). The van der Waals surface area contributed by atoms with E-state index in [0.29, 0.717) is 37.7 Å². The lowest BCUT2D eigenvalue weighted by Gasteiger charge is -2.41. The Bertz CT molecular complexity index is 1220. The molecule has 0 radical (unpaired) electrons. The highest BCUT2D eigenvalue weighted by Gasteiger charge is 2.34. The van der Waals surface area contributed by atoms with E-state index in [9.17, 15) is 14.7 Å². The predicted molar refractivity (Wildman–Crippen MR) is 190 cm³/mol. The Morgan fingerprint density at radius 2 is 1.64 bits per heavy atom. The van der Waals surface area contributed by atoms with Crippen LogP contribution in [-0.4, -0.2) is 51.9 Å². The number of carbonyl (C=O) groups excluding carboxylic acids is 1. The highest BCUT2D eigenvalue weighted by atomic mass is 32.1. The van der Waals surface area contributed by atoms with Crippen LogP contribution in [0.15, 0.2) is 53.5 Å². The van der Waals surface area contributed by atoms with E-state index in [-0.39, 0.29) is 65.8 Å². The molecule has 44 heavy (non-hydrogen) atoms. The summed E-state index contributed by atoms with van der Waals surface area (Å²) in [5, 5.41) is 9.32. The molecule has 0 spiro atoms. The number of carboxylic acids is 1. The predicted octanol–water partition coefficient (Wildman–Crippen LogP) is 7.57. The lowest BCUT2D eigenvalue weighted by molar-refractivity contribution is -0.143. The van der Waals surface area contributed by atoms with E-state index >= 15 is 0 Å². The number of amides is 1. The molecule has 1 amide bonds. The summed E-state index contributed by atoms with van der Waals surface area (Å²) in [5.74, 6) is 1.68. The summed E-state index contributed by atoms with van der Waals surface area (Å²) >= 11 is 0. The van der Waals surface area contributed by atoms with Crippen LogP contribution in [0.2, 0.25) is 0 Å². The summed E-state index contributed by atoms with van der Waals surface area (Å²) in [4.78, 5) is 33.5. The van der Waals surface area contributed by atoms with Gasteiger partial charge in [0.25, 0.3) is 0 Å². The number of nitrogens with zero attached hydrogens (tertiary/aromatic N) is 3. The number of para-hydroxylation sites is 1. The average Bonchev–Trinajstić information content (AvgIpc) is 2.98. The molecule has 8 nitrogen and oxygen atoms in total. The Morgan fingerprint density at radius 1 is 0.977 bits per heavy atom. The maximum Gasteiger partial charge on any atom is 0.306 e. The number of carboxylic acid groups (broad SMARTS) is 1. The van der Waals surface area contributed by atoms with Gasteiger partial charge in [-0.25, -0.2) is 4.99 Å². The van der Waals surface area contributed by atoms with Crippen molar-refractivity contribution in [3.8, 4) is 11.5 Å². The quantitative estimate of drug-likeness (QED) is 0.291. The zero-order valence-electron chi connectivity index (χ0n) is 24.5. The molecule has 2 aliphatic carbocycles. The van der Waals surface area contributed by atoms with Crippen molar-refractivity contribution in [3.05, 3.63) is 54.1 Å². The average molecular weight is 647 g/mol. The van der Waals surface area contributed by atoms with Crippen molar-refractivity contribution >= 4 is 50.5 Å². The second kappa shape index (κ2) is 18.2. The highest BCUT2D eigenvalue weighted by molar-refractivity contribution is 7.59. The summed E-state index contributed by atoms with van der Waals surface area (Å²) in [6.07, 6.45) is 9.91. The van der Waals surface area contributed by atoms with Crippen LogP contribution in [0.4, 0.5) is 5.69 Å². The van der Waals surface area contributed by atoms with Crippen molar-refractivity contribution in [2.75, 3.05) is 7.05 Å². The topological polar surface area (TPSA) is 108 Å². The Kier molecular flexibility index (Phi) is 16.2. The molecule has 3 N–H and O–H groups in total. The number of aliphatic imine (C=N–C) groups is 1. The maximum absolute atomic E-state index is 13.3. The van der Waals surface area contributed by atoms with Crippen molar-refractivity contribution < 1.29 is 19.4 Å². The fourth-order valence-corrected chi connectivity index (χ4v) is 6.75. The standard InChI is InChI=1S/C32H42N4O4.2CH4.2H2S/c1-35(25-14-12-23(13-15-25)31(38)39)30(37)19-18-29(22-8-4-2-5-9-22)36-21-24-20-27(16-17-28(24)34-32(36)33)40-26-10-6-3-7-11-26;;;;/h3,6-7,10-11,16-17,20,22-23,25,29H,2,4-5,8-9,12-15,18-19,21H2,1H3,(H2,33,34)(H,38,39);2*1H4;2*1H2/t23?,25?,29-;;;;/m0..../s1. The summed E-state index contributed by atoms with van der Waals surface area (Å²) in [6.45, 7) is 0.640. The smallest absolute Gasteiger partial charge is 0.306 e. The molecular formula is C34H54N4O4S2. The van der Waals surface area contributed by atoms with Gasteiger partial charge in [-0.1, -0.05) is 52.3 Å². The molecule has 10 heteroatoms. The number of hydrogen-bond donors (Lipinski definition) is 2. The van der Waals surface area contributed by atoms with Crippen molar-refractivity contribution in [1.29, 1.82) is 0 Å². The van der Waals surface area contributed by atoms with E-state index in [1.165, 1.54) is 19.3 Å². The molecule has 0 aromatic heterocycles. The molecule has 2 fully saturated rings. The molecule has 0 saturated heterocycles. The summed E-state index contributed by atoms with van der Waals surface area (Å²) in [5.41, 5.74) is 8.52. The number of fused-ring (bicyclic) bond motifs is 1. The van der Waals surface area contributed by atoms with Gasteiger partial charge in [0.05, 0.1) is 11.6 Å². The minimum atomic E-state index is -0.719. The van der Waals surface area contributed by atoms with Gasteiger partial charge < -0.3 is 25.4 Å². The first-order chi connectivity index (χ1) is 19.4. The van der Waals surface area contributed by atoms with Gasteiger partial charge in [-0.05, 0) is 81.2 Å². The molecule has 0 unspecified atom stereocenters. The van der Waals surface area contributed by atoms with Crippen LogP contribution in [0.3, 0.4) is 0 Å². The third-order valence-electron chi connectivity index (χ3n) is 9.14. The molecule has 0 bridgehead atoms. The second-order valence-corrected chi connectivity index (χ2v) is 11.7. The second-order valence-electron chi connectivity index (χ2n) is 11.7. The van der Waals surface area contributed by atoms with Crippen LogP contribution in [0.1, 0.15) is 91.0 Å². The summed E-state index contributed by atoms with van der Waals surface area (Å²) < 4.78 is 6.08. The molecule has 2 aromatic rings. The van der Waals surface area contributed by atoms with Crippen molar-refractivity contribution in [2.24, 2.45) is 22.6 Å². The number of rotatable bonds is 9. The Balaban J connectivity index is 0.00000242. The van der Waals surface area contributed by atoms with Gasteiger partial charge in [-0.2, -0.15) is 27.0 Å². The van der Waals surface area contributed by atoms with E-state index in [1.54, 1.807) is 0 Å². The number of guanidine groups is 1. The SMILES string of the molecule is C.C.CN(C(=O)CC[C@@H](C1CCCCC1)N1Cc2cc(Oc3ccccc3)ccc2N=C1N)C1CCC(C(=O)O)CC1.S.S. The monoisotopic (exact) mass is 646 g/mol. The fraction of sp³-hybridized carbons (Fsp3) is 0.559. The van der Waals surface area contributed by atoms with Gasteiger partial charge in [0.15, 0.2) is 5.96 Å². The Labute approximate surface area is 278 Å². The maximum atomic E-state index is 13.3. The number of nitrogens with two attached hydrogens (primary N) is 1. The van der Waals surface area contributed by atoms with Crippen LogP contribution in [0, 0.1) is 11.8 Å². The van der Waals surface area contributed by atoms with Gasteiger partial charge in [-0.3, -0.25) is 9.59 Å². The molecule has 246 valence electrons. The van der Waals surface area contributed by atoms with Crippen LogP contribution in [-0.2, 0) is 16.1 Å². The van der Waals surface area contributed by atoms with E-state index in [2.05, 4.69) is 11.0 Å². The molecule has 1 heterocycles. The van der Waals surface area contributed by atoms with Gasteiger partial charge in [0, 0.05) is 37.7 Å². The van der Waals surface area contributed by atoms with Gasteiger partial charge in [0.1, 0.15) is 11.5 Å². The minimum Gasteiger partial charge on any atom is -0.481 e. The third-order valence-corrected chi connectivity index (χ3v) is 9.14. The fourth-order valence-electron chi connectivity index (χ4n) is 6.75. The lowest BCUT2D eigenvalue weighted by Crippen LogP contribution is -2.49. The molecule has 1 aliphatic heterocycles. The van der Waals surface area contributed by atoms with Crippen LogP contribution in [0.25, 0.3) is 0 Å². The zero-order valence-corrected chi connectivity index (χ0v) is 26.5. The molecule has 3 aliphatic rings. The lowest BCUT2D eigenvalue weighted by atomic mass is 9.81. The summed E-state index contributed by atoms with van der Waals surface area (Å²) in [6, 6.07) is 15.9. The number of aliphatic carboxylic acids is 1.